The van der Waals surface area contributed by atoms with E-state index in [4.69, 9.17) is 15.4 Å². The molecule has 11 rings (SSSR count). The lowest BCUT2D eigenvalue weighted by atomic mass is 9.99. The van der Waals surface area contributed by atoms with E-state index in [0.717, 1.165) is 88.4 Å². The number of aryl methyl sites for hydroxylation is 6. The van der Waals surface area contributed by atoms with E-state index >= 15 is 0 Å². The van der Waals surface area contributed by atoms with Crippen molar-refractivity contribution in [1.82, 2.24) is 0 Å². The van der Waals surface area contributed by atoms with Crippen molar-refractivity contribution in [1.29, 1.82) is 0 Å². The Labute approximate surface area is 360 Å². The van der Waals surface area contributed by atoms with Gasteiger partial charge >= 0.3 is 0 Å². The third kappa shape index (κ3) is 6.06. The van der Waals surface area contributed by atoms with Crippen LogP contribution in [0.3, 0.4) is 0 Å². The number of benzene rings is 9. The number of nitrogens with zero attached hydrogens (tertiary/aromatic N) is 3. The maximum atomic E-state index is 8.21. The van der Waals surface area contributed by atoms with Gasteiger partial charge in [0, 0.05) is 55.7 Å². The van der Waals surface area contributed by atoms with Gasteiger partial charge in [-0.3, -0.25) is 0 Å². The molecule has 0 spiro atoms. The summed E-state index contributed by atoms with van der Waals surface area (Å²) in [7, 11) is 0. The maximum Gasteiger partial charge on any atom is 0.233 e. The molecule has 0 aliphatic carbocycles. The highest BCUT2D eigenvalue weighted by atomic mass is 16.3. The Morgan fingerprint density at radius 1 is 0.387 bits per heavy atom. The first-order chi connectivity index (χ1) is 30.1. The molecule has 0 saturated heterocycles. The van der Waals surface area contributed by atoms with E-state index in [-0.39, 0.29) is 0 Å². The highest BCUT2D eigenvalue weighted by molar-refractivity contribution is 6.30. The van der Waals surface area contributed by atoms with E-state index in [9.17, 15) is 0 Å². The predicted octanol–water partition coefficient (Wildman–Crippen LogP) is 17.1. The van der Waals surface area contributed by atoms with Crippen molar-refractivity contribution in [2.75, 3.05) is 9.80 Å². The fraction of sp³-hybridized carbons (Fsp3) is 0.105. The van der Waals surface area contributed by atoms with Gasteiger partial charge in [0.1, 0.15) is 22.3 Å². The van der Waals surface area contributed by atoms with Crippen molar-refractivity contribution in [3.8, 4) is 0 Å². The van der Waals surface area contributed by atoms with Crippen LogP contribution in [-0.2, 0) is 0 Å². The molecule has 0 fully saturated rings. The molecule has 2 heterocycles. The summed E-state index contributed by atoms with van der Waals surface area (Å²) in [5.41, 5.74) is 17.0. The van der Waals surface area contributed by atoms with Gasteiger partial charge in [-0.1, -0.05) is 71.8 Å². The summed E-state index contributed by atoms with van der Waals surface area (Å²) >= 11 is 0. The smallest absolute Gasteiger partial charge is 0.233 e. The Hall–Kier alpha value is -7.81. The molecule has 62 heavy (non-hydrogen) atoms. The van der Waals surface area contributed by atoms with Gasteiger partial charge in [-0.15, -0.1) is 0 Å². The highest BCUT2D eigenvalue weighted by Crippen LogP contribution is 2.47. The van der Waals surface area contributed by atoms with Gasteiger partial charge in [-0.2, -0.15) is 0 Å². The Bertz CT molecular complexity index is 3660. The first-order valence-corrected chi connectivity index (χ1v) is 21.1. The number of anilines is 6. The molecule has 2 aromatic heterocycles. The topological polar surface area (TPSA) is 37.1 Å². The minimum atomic E-state index is 0.432. The van der Waals surface area contributed by atoms with Gasteiger partial charge in [-0.25, -0.2) is 4.85 Å². The monoisotopic (exact) mass is 801 g/mol. The molecular weight excluding hydrogens is 759 g/mol. The molecule has 5 heteroatoms. The minimum absolute atomic E-state index is 0.432. The van der Waals surface area contributed by atoms with Crippen LogP contribution >= 0.6 is 0 Å². The molecule has 0 saturated carbocycles. The van der Waals surface area contributed by atoms with E-state index in [1.807, 2.05) is 6.07 Å². The maximum absolute atomic E-state index is 8.21. The van der Waals surface area contributed by atoms with Gasteiger partial charge in [0.2, 0.25) is 5.69 Å². The average Bonchev–Trinajstić information content (AvgIpc) is 3.82. The van der Waals surface area contributed by atoms with Gasteiger partial charge in [0.25, 0.3) is 0 Å². The van der Waals surface area contributed by atoms with E-state index < -0.39 is 0 Å². The number of furan rings is 2. The van der Waals surface area contributed by atoms with E-state index in [0.29, 0.717) is 16.9 Å². The van der Waals surface area contributed by atoms with Gasteiger partial charge in [0.15, 0.2) is 0 Å². The van der Waals surface area contributed by atoms with Crippen molar-refractivity contribution in [3.05, 3.63) is 196 Å². The van der Waals surface area contributed by atoms with Crippen molar-refractivity contribution in [2.45, 2.75) is 41.5 Å². The number of rotatable bonds is 6. The normalized spacial score (nSPS) is 11.7. The zero-order valence-electron chi connectivity index (χ0n) is 35.6. The van der Waals surface area contributed by atoms with Crippen LogP contribution < -0.4 is 9.80 Å². The zero-order chi connectivity index (χ0) is 42.4. The van der Waals surface area contributed by atoms with Crippen LogP contribution in [0.1, 0.15) is 33.4 Å². The molecule has 0 atom stereocenters. The molecule has 0 aliphatic rings. The molecule has 0 amide bonds. The number of fused-ring (bicyclic) bond motifs is 9. The van der Waals surface area contributed by atoms with Crippen molar-refractivity contribution in [2.24, 2.45) is 0 Å². The van der Waals surface area contributed by atoms with E-state index in [1.54, 1.807) is 0 Å². The van der Waals surface area contributed by atoms with E-state index in [2.05, 4.69) is 202 Å². The van der Waals surface area contributed by atoms with Crippen LogP contribution in [0.15, 0.2) is 160 Å². The summed E-state index contributed by atoms with van der Waals surface area (Å²) in [4.78, 5) is 8.63. The van der Waals surface area contributed by atoms with Crippen molar-refractivity contribution in [3.63, 3.8) is 0 Å². The van der Waals surface area contributed by atoms with Crippen LogP contribution in [-0.4, -0.2) is 0 Å². The lowest BCUT2D eigenvalue weighted by Crippen LogP contribution is -2.11. The number of hydrogen-bond donors (Lipinski definition) is 0. The Kier molecular flexibility index (Phi) is 8.49. The molecule has 0 bridgehead atoms. The fourth-order valence-corrected chi connectivity index (χ4v) is 9.18. The van der Waals surface area contributed by atoms with Crippen LogP contribution in [0.2, 0.25) is 0 Å². The molecule has 298 valence electrons. The second kappa shape index (κ2) is 14.1. The van der Waals surface area contributed by atoms with Crippen molar-refractivity contribution < 1.29 is 8.83 Å². The molecule has 0 radical (unpaired) electrons. The SMILES string of the molecule is [C-]#[N+]c1cc2oc3cc4cc(N(c5ccc(C)cc5)c5cc(C)ccc5C)ccc4cc3c2c2c1oc1cc3cc(N(c4ccc(C)cc4)c4cc(C)ccc4C)ccc3cc12. The van der Waals surface area contributed by atoms with Crippen LogP contribution in [0, 0.1) is 48.1 Å². The fourth-order valence-electron chi connectivity index (χ4n) is 9.18. The predicted molar refractivity (Wildman–Crippen MR) is 260 cm³/mol. The van der Waals surface area contributed by atoms with Crippen LogP contribution in [0.25, 0.3) is 70.3 Å². The lowest BCUT2D eigenvalue weighted by Gasteiger charge is -2.28. The molecule has 5 nitrogen and oxygen atoms in total. The Morgan fingerprint density at radius 2 is 0.839 bits per heavy atom. The number of hydrogen-bond acceptors (Lipinski definition) is 4. The molecule has 11 aromatic rings. The third-order valence-electron chi connectivity index (χ3n) is 12.5. The summed E-state index contributed by atoms with van der Waals surface area (Å²) in [6.07, 6.45) is 0. The Balaban J connectivity index is 1.08. The molecule has 9 aromatic carbocycles. The molecule has 0 aliphatic heterocycles. The van der Waals surface area contributed by atoms with Gasteiger partial charge < -0.3 is 18.6 Å². The third-order valence-corrected chi connectivity index (χ3v) is 12.5. The molecular formula is C57H43N3O2. The summed E-state index contributed by atoms with van der Waals surface area (Å²) in [5, 5.41) is 8.12. The highest BCUT2D eigenvalue weighted by Gasteiger charge is 2.23. The average molecular weight is 802 g/mol. The second-order valence-corrected chi connectivity index (χ2v) is 17.0. The zero-order valence-corrected chi connectivity index (χ0v) is 35.6. The van der Waals surface area contributed by atoms with E-state index in [1.165, 1.54) is 33.4 Å². The Morgan fingerprint density at radius 3 is 1.34 bits per heavy atom. The minimum Gasteiger partial charge on any atom is -0.467 e. The largest absolute Gasteiger partial charge is 0.467 e. The van der Waals surface area contributed by atoms with Gasteiger partial charge in [0.05, 0.1) is 6.57 Å². The summed E-state index contributed by atoms with van der Waals surface area (Å²) in [6.45, 7) is 21.1. The van der Waals surface area contributed by atoms with Gasteiger partial charge in [-0.05, 0) is 176 Å². The second-order valence-electron chi connectivity index (χ2n) is 17.0. The van der Waals surface area contributed by atoms with Crippen LogP contribution in [0.5, 0.6) is 0 Å². The summed E-state index contributed by atoms with van der Waals surface area (Å²) in [5.74, 6) is 0. The molecule has 0 N–H and O–H groups in total. The van der Waals surface area contributed by atoms with Crippen molar-refractivity contribution >= 4 is 105 Å². The molecule has 0 unspecified atom stereocenters. The quantitative estimate of drug-likeness (QED) is 0.157. The van der Waals surface area contributed by atoms with Crippen LogP contribution in [0.4, 0.5) is 39.8 Å². The first-order valence-electron chi connectivity index (χ1n) is 21.1. The first kappa shape index (κ1) is 37.2. The standard InChI is InChI=1S/C57H43N3O2/c1-33-10-18-43(19-11-33)59(50-24-35(3)8-14-37(50)5)45-22-16-39-28-47-52(30-41(39)26-45)61-54-32-49(58-7)57-56(55(47)54)48-29-40-17-23-46(27-42(40)31-53(48)62-57)60(44-20-12-34(2)13-21-44)51-25-36(4)9-15-38(51)6/h8-32H,1-6H3. The summed E-state index contributed by atoms with van der Waals surface area (Å²) < 4.78 is 13.4. The lowest BCUT2D eigenvalue weighted by molar-refractivity contribution is 0.665. The summed E-state index contributed by atoms with van der Waals surface area (Å²) in [6, 6.07) is 54.4.